The highest BCUT2D eigenvalue weighted by Gasteiger charge is 2.21. The second-order valence-electron chi connectivity index (χ2n) is 5.07. The van der Waals surface area contributed by atoms with Gasteiger partial charge in [0, 0.05) is 5.02 Å². The van der Waals surface area contributed by atoms with Crippen molar-refractivity contribution in [1.29, 1.82) is 0 Å². The Bertz CT molecular complexity index is 521. The van der Waals surface area contributed by atoms with E-state index in [4.69, 9.17) is 28.3 Å². The van der Waals surface area contributed by atoms with Crippen LogP contribution in [-0.4, -0.2) is 29.6 Å². The van der Waals surface area contributed by atoms with Crippen molar-refractivity contribution >= 4 is 40.8 Å². The minimum Gasteiger partial charge on any atom is -0.480 e. The third-order valence-electron chi connectivity index (χ3n) is 2.67. The van der Waals surface area contributed by atoms with Crippen LogP contribution in [0, 0.1) is 5.92 Å². The van der Waals surface area contributed by atoms with Crippen molar-refractivity contribution in [3.8, 4) is 0 Å². The van der Waals surface area contributed by atoms with Gasteiger partial charge in [-0.2, -0.15) is 0 Å². The van der Waals surface area contributed by atoms with Crippen LogP contribution in [0.5, 0.6) is 0 Å². The van der Waals surface area contributed by atoms with Gasteiger partial charge in [0.2, 0.25) is 5.91 Å². The third kappa shape index (κ3) is 6.33. The molecule has 0 saturated carbocycles. The van der Waals surface area contributed by atoms with Gasteiger partial charge in [-0.3, -0.25) is 9.59 Å². The topological polar surface area (TPSA) is 78.4 Å². The predicted molar refractivity (Wildman–Crippen MR) is 84.0 cm³/mol. The van der Waals surface area contributed by atoms with E-state index in [9.17, 15) is 9.59 Å². The number of carbonyl (C=O) groups excluding carboxylic acids is 1. The van der Waals surface area contributed by atoms with Crippen LogP contribution in [0.4, 0.5) is 5.69 Å². The fourth-order valence-corrected chi connectivity index (χ4v) is 2.06. The standard InChI is InChI=1S/C14H18Cl2N2O3/c1-8(2)7-17-12(14(20)21)6-13(19)18-11-4-3-9(15)5-10(11)16/h3-5,8,12,17H,6-7H2,1-2H3,(H,18,19)(H,20,21)/t12-/m1/s1. The van der Waals surface area contributed by atoms with E-state index in [1.54, 1.807) is 12.1 Å². The zero-order valence-corrected chi connectivity index (χ0v) is 13.3. The molecule has 1 aromatic rings. The molecule has 1 rings (SSSR count). The summed E-state index contributed by atoms with van der Waals surface area (Å²) in [7, 11) is 0. The van der Waals surface area contributed by atoms with Crippen molar-refractivity contribution < 1.29 is 14.7 Å². The Morgan fingerprint density at radius 2 is 1.95 bits per heavy atom. The average molecular weight is 333 g/mol. The Morgan fingerprint density at radius 1 is 1.29 bits per heavy atom. The molecule has 0 unspecified atom stereocenters. The van der Waals surface area contributed by atoms with Gasteiger partial charge in [-0.1, -0.05) is 37.0 Å². The van der Waals surface area contributed by atoms with Crippen LogP contribution in [0.15, 0.2) is 18.2 Å². The number of amides is 1. The van der Waals surface area contributed by atoms with Gasteiger partial charge in [-0.25, -0.2) is 0 Å². The van der Waals surface area contributed by atoms with Crippen molar-refractivity contribution in [3.63, 3.8) is 0 Å². The number of hydrogen-bond acceptors (Lipinski definition) is 3. The molecule has 0 fully saturated rings. The van der Waals surface area contributed by atoms with Gasteiger partial charge >= 0.3 is 5.97 Å². The summed E-state index contributed by atoms with van der Waals surface area (Å²) in [5, 5.41) is 15.3. The van der Waals surface area contributed by atoms with Gasteiger partial charge in [-0.15, -0.1) is 0 Å². The Balaban J connectivity index is 2.63. The van der Waals surface area contributed by atoms with Crippen molar-refractivity contribution in [2.75, 3.05) is 11.9 Å². The van der Waals surface area contributed by atoms with Gasteiger partial charge in [0.1, 0.15) is 6.04 Å². The fourth-order valence-electron chi connectivity index (χ4n) is 1.60. The predicted octanol–water partition coefficient (Wildman–Crippen LogP) is 3.02. The van der Waals surface area contributed by atoms with Crippen LogP contribution < -0.4 is 10.6 Å². The van der Waals surface area contributed by atoms with Crippen LogP contribution in [0.25, 0.3) is 0 Å². The molecule has 0 aromatic heterocycles. The summed E-state index contributed by atoms with van der Waals surface area (Å²) in [5.41, 5.74) is 0.402. The molecule has 21 heavy (non-hydrogen) atoms. The van der Waals surface area contributed by atoms with Gasteiger partial charge in [-0.05, 0) is 30.7 Å². The highest BCUT2D eigenvalue weighted by atomic mass is 35.5. The third-order valence-corrected chi connectivity index (χ3v) is 3.21. The molecule has 1 aromatic carbocycles. The number of carboxylic acids is 1. The number of nitrogens with one attached hydrogen (secondary N) is 2. The van der Waals surface area contributed by atoms with Crippen LogP contribution in [0.2, 0.25) is 10.0 Å². The lowest BCUT2D eigenvalue weighted by molar-refractivity contribution is -0.141. The molecule has 0 spiro atoms. The van der Waals surface area contributed by atoms with E-state index in [1.807, 2.05) is 13.8 Å². The number of anilines is 1. The maximum Gasteiger partial charge on any atom is 0.321 e. The fraction of sp³-hybridized carbons (Fsp3) is 0.429. The van der Waals surface area contributed by atoms with Crippen LogP contribution >= 0.6 is 23.2 Å². The summed E-state index contributed by atoms with van der Waals surface area (Å²) in [6.07, 6.45) is -0.180. The molecule has 1 atom stereocenters. The first-order chi connectivity index (χ1) is 9.79. The number of rotatable bonds is 7. The Hall–Kier alpha value is -1.30. The van der Waals surface area contributed by atoms with E-state index < -0.39 is 17.9 Å². The van der Waals surface area contributed by atoms with Gasteiger partial charge in [0.25, 0.3) is 0 Å². The Morgan fingerprint density at radius 3 is 2.48 bits per heavy atom. The van der Waals surface area contributed by atoms with E-state index in [2.05, 4.69) is 10.6 Å². The van der Waals surface area contributed by atoms with Crippen LogP contribution in [-0.2, 0) is 9.59 Å². The summed E-state index contributed by atoms with van der Waals surface area (Å²) >= 11 is 11.7. The van der Waals surface area contributed by atoms with Gasteiger partial charge < -0.3 is 15.7 Å². The summed E-state index contributed by atoms with van der Waals surface area (Å²) in [4.78, 5) is 23.0. The summed E-state index contributed by atoms with van der Waals surface area (Å²) in [5.74, 6) is -1.20. The molecular weight excluding hydrogens is 315 g/mol. The Labute approximate surface area is 133 Å². The average Bonchev–Trinajstić information content (AvgIpc) is 2.37. The summed E-state index contributed by atoms with van der Waals surface area (Å²) < 4.78 is 0. The van der Waals surface area contributed by atoms with Crippen molar-refractivity contribution in [3.05, 3.63) is 28.2 Å². The van der Waals surface area contributed by atoms with Gasteiger partial charge in [0.15, 0.2) is 0 Å². The number of aliphatic carboxylic acids is 1. The quantitative estimate of drug-likeness (QED) is 0.717. The molecular formula is C14H18Cl2N2O3. The van der Waals surface area contributed by atoms with E-state index in [1.165, 1.54) is 6.07 Å². The number of carbonyl (C=O) groups is 2. The molecule has 0 aliphatic heterocycles. The monoisotopic (exact) mass is 332 g/mol. The summed E-state index contributed by atoms with van der Waals surface area (Å²) in [6, 6.07) is 3.73. The lowest BCUT2D eigenvalue weighted by Crippen LogP contribution is -2.41. The maximum atomic E-state index is 11.9. The minimum absolute atomic E-state index is 0.180. The van der Waals surface area contributed by atoms with Crippen molar-refractivity contribution in [2.45, 2.75) is 26.3 Å². The first kappa shape index (κ1) is 17.8. The first-order valence-electron chi connectivity index (χ1n) is 6.50. The molecule has 0 radical (unpaired) electrons. The molecule has 0 aliphatic carbocycles. The van der Waals surface area contributed by atoms with E-state index in [-0.39, 0.29) is 6.42 Å². The number of benzene rings is 1. The number of carboxylic acid groups (broad SMARTS) is 1. The molecule has 7 heteroatoms. The first-order valence-corrected chi connectivity index (χ1v) is 7.26. The van der Waals surface area contributed by atoms with E-state index in [0.29, 0.717) is 28.2 Å². The lowest BCUT2D eigenvalue weighted by atomic mass is 10.1. The van der Waals surface area contributed by atoms with Crippen LogP contribution in [0.1, 0.15) is 20.3 Å². The molecule has 0 heterocycles. The second kappa shape index (κ2) is 8.22. The minimum atomic E-state index is -1.06. The SMILES string of the molecule is CC(C)CN[C@H](CC(=O)Nc1ccc(Cl)cc1Cl)C(=O)O. The second-order valence-corrected chi connectivity index (χ2v) is 5.91. The number of halogens is 2. The molecule has 0 bridgehead atoms. The molecule has 0 saturated heterocycles. The zero-order valence-electron chi connectivity index (χ0n) is 11.8. The van der Waals surface area contributed by atoms with Crippen molar-refractivity contribution in [1.82, 2.24) is 5.32 Å². The Kier molecular flexibility index (Phi) is 6.95. The highest BCUT2D eigenvalue weighted by Crippen LogP contribution is 2.25. The molecule has 1 amide bonds. The molecule has 5 nitrogen and oxygen atoms in total. The zero-order chi connectivity index (χ0) is 16.0. The van der Waals surface area contributed by atoms with Crippen molar-refractivity contribution in [2.24, 2.45) is 5.92 Å². The normalized spacial score (nSPS) is 12.2. The van der Waals surface area contributed by atoms with Gasteiger partial charge in [0.05, 0.1) is 17.1 Å². The lowest BCUT2D eigenvalue weighted by Gasteiger charge is -2.16. The smallest absolute Gasteiger partial charge is 0.321 e. The molecule has 0 aliphatic rings. The molecule has 116 valence electrons. The largest absolute Gasteiger partial charge is 0.480 e. The molecule has 3 N–H and O–H groups in total. The number of hydrogen-bond donors (Lipinski definition) is 3. The maximum absolute atomic E-state index is 11.9. The highest BCUT2D eigenvalue weighted by molar-refractivity contribution is 6.36. The van der Waals surface area contributed by atoms with E-state index >= 15 is 0 Å². The summed E-state index contributed by atoms with van der Waals surface area (Å²) in [6.45, 7) is 4.44. The van der Waals surface area contributed by atoms with E-state index in [0.717, 1.165) is 0 Å². The van der Waals surface area contributed by atoms with Crippen LogP contribution in [0.3, 0.4) is 0 Å².